The van der Waals surface area contributed by atoms with E-state index in [4.69, 9.17) is 19.2 Å². The molecule has 37 heavy (non-hydrogen) atoms. The lowest BCUT2D eigenvalue weighted by Gasteiger charge is -2.35. The van der Waals surface area contributed by atoms with Crippen LogP contribution >= 0.6 is 0 Å². The van der Waals surface area contributed by atoms with Crippen molar-refractivity contribution in [2.24, 2.45) is 11.3 Å². The molecule has 3 fully saturated rings. The standard InChI is InChI=1S/C25H29N7O5/c1-25-12-36-11-14(25)19(25)31-8-3-4-16(24(31)34)28-20-18-22(26-7-9-37-18)32-21(30-20)13(10-27-32)23(33)29-15-5-6-17(15)35-2/h3-4,8,10,14-15,17,19,26H,5-7,9,11-12H2,1-2H3,(H,28,30)(H,29,33)/t14-,15?,17-,19-,25?/m0/s1. The van der Waals surface area contributed by atoms with E-state index in [9.17, 15) is 9.59 Å². The van der Waals surface area contributed by atoms with Crippen LogP contribution in [0, 0.1) is 11.3 Å². The Labute approximate surface area is 212 Å². The minimum atomic E-state index is -0.269. The lowest BCUT2D eigenvalue weighted by molar-refractivity contribution is 0.00732. The van der Waals surface area contributed by atoms with Gasteiger partial charge in [-0.3, -0.25) is 9.59 Å². The second-order valence-electron chi connectivity index (χ2n) is 10.5. The first kappa shape index (κ1) is 22.5. The molecule has 3 aromatic rings. The molecule has 1 amide bonds. The van der Waals surface area contributed by atoms with E-state index in [-0.39, 0.29) is 35.1 Å². The molecule has 5 heterocycles. The molecular weight excluding hydrogens is 478 g/mol. The molecule has 3 N–H and O–H groups in total. The van der Waals surface area contributed by atoms with Crippen molar-refractivity contribution in [2.45, 2.75) is 38.0 Å². The molecule has 12 heteroatoms. The maximum Gasteiger partial charge on any atom is 0.274 e. The van der Waals surface area contributed by atoms with Gasteiger partial charge < -0.3 is 34.7 Å². The molecule has 5 atom stereocenters. The average Bonchev–Trinajstić information content (AvgIpc) is 3.19. The van der Waals surface area contributed by atoms with Crippen LogP contribution in [0.15, 0.2) is 29.3 Å². The Bertz CT molecular complexity index is 1470. The Balaban J connectivity index is 1.25. The highest BCUT2D eigenvalue weighted by molar-refractivity contribution is 6.00. The minimum Gasteiger partial charge on any atom is -0.485 e. The Morgan fingerprint density at radius 1 is 1.35 bits per heavy atom. The third kappa shape index (κ3) is 3.35. The fourth-order valence-electron chi connectivity index (χ4n) is 5.98. The van der Waals surface area contributed by atoms with E-state index in [0.717, 1.165) is 12.8 Å². The highest BCUT2D eigenvalue weighted by atomic mass is 16.5. The third-order valence-electron chi connectivity index (χ3n) is 8.35. The van der Waals surface area contributed by atoms with Crippen LogP contribution in [0.3, 0.4) is 0 Å². The van der Waals surface area contributed by atoms with E-state index in [1.54, 1.807) is 22.3 Å². The van der Waals surface area contributed by atoms with Crippen LogP contribution in [0.4, 0.5) is 17.3 Å². The second kappa shape index (κ2) is 8.18. The van der Waals surface area contributed by atoms with Gasteiger partial charge in [0, 0.05) is 24.6 Å². The van der Waals surface area contributed by atoms with Gasteiger partial charge in [-0.2, -0.15) is 9.61 Å². The van der Waals surface area contributed by atoms with Crippen LogP contribution in [-0.2, 0) is 9.47 Å². The van der Waals surface area contributed by atoms with E-state index in [0.29, 0.717) is 66.6 Å². The molecule has 0 radical (unpaired) electrons. The van der Waals surface area contributed by atoms with E-state index in [1.807, 2.05) is 12.3 Å². The fourth-order valence-corrected chi connectivity index (χ4v) is 5.98. The van der Waals surface area contributed by atoms with Gasteiger partial charge in [-0.05, 0) is 25.0 Å². The summed E-state index contributed by atoms with van der Waals surface area (Å²) in [5.74, 6) is 1.45. The first-order chi connectivity index (χ1) is 18.0. The molecule has 2 saturated carbocycles. The summed E-state index contributed by atoms with van der Waals surface area (Å²) in [6.07, 6.45) is 5.13. The van der Waals surface area contributed by atoms with Crippen molar-refractivity contribution in [3.8, 4) is 5.75 Å². The van der Waals surface area contributed by atoms with Gasteiger partial charge in [0.2, 0.25) is 5.75 Å². The number of hydrogen-bond acceptors (Lipinski definition) is 9. The van der Waals surface area contributed by atoms with Crippen molar-refractivity contribution in [3.05, 3.63) is 40.4 Å². The summed E-state index contributed by atoms with van der Waals surface area (Å²) in [7, 11) is 1.65. The Kier molecular flexibility index (Phi) is 4.99. The number of nitrogens with zero attached hydrogens (tertiary/aromatic N) is 4. The molecule has 4 aliphatic rings. The summed E-state index contributed by atoms with van der Waals surface area (Å²) in [4.78, 5) is 31.3. The van der Waals surface area contributed by atoms with Crippen molar-refractivity contribution < 1.29 is 19.0 Å². The van der Waals surface area contributed by atoms with Crippen LogP contribution in [-0.4, -0.2) is 70.7 Å². The van der Waals surface area contributed by atoms with E-state index in [2.05, 4.69) is 28.0 Å². The first-order valence-electron chi connectivity index (χ1n) is 12.7. The molecule has 0 spiro atoms. The number of ether oxygens (including phenoxy) is 3. The molecule has 0 bridgehead atoms. The Hall–Kier alpha value is -3.64. The van der Waals surface area contributed by atoms with E-state index >= 15 is 0 Å². The van der Waals surface area contributed by atoms with Crippen LogP contribution in [0.5, 0.6) is 5.75 Å². The van der Waals surface area contributed by atoms with Gasteiger partial charge in [-0.25, -0.2) is 4.98 Å². The number of carbonyl (C=O) groups excluding carboxylic acids is 1. The highest BCUT2D eigenvalue weighted by Gasteiger charge is 2.66. The molecular formula is C25H29N7O5. The summed E-state index contributed by atoms with van der Waals surface area (Å²) in [6.45, 7) is 4.51. The number of methoxy groups -OCH3 is 1. The van der Waals surface area contributed by atoms with Crippen LogP contribution in [0.25, 0.3) is 5.65 Å². The highest BCUT2D eigenvalue weighted by Crippen LogP contribution is 2.64. The molecule has 1 saturated heterocycles. The monoisotopic (exact) mass is 507 g/mol. The molecule has 194 valence electrons. The van der Waals surface area contributed by atoms with Gasteiger partial charge in [0.25, 0.3) is 11.5 Å². The van der Waals surface area contributed by atoms with Crippen molar-refractivity contribution >= 4 is 28.9 Å². The Morgan fingerprint density at radius 2 is 2.24 bits per heavy atom. The van der Waals surface area contributed by atoms with Crippen LogP contribution < -0.4 is 26.2 Å². The zero-order valence-electron chi connectivity index (χ0n) is 20.7. The zero-order valence-corrected chi connectivity index (χ0v) is 20.7. The zero-order chi connectivity index (χ0) is 25.3. The predicted molar refractivity (Wildman–Crippen MR) is 134 cm³/mol. The number of carbonyl (C=O) groups is 1. The van der Waals surface area contributed by atoms with Crippen LogP contribution in [0.2, 0.25) is 0 Å². The number of amides is 1. The van der Waals surface area contributed by atoms with Gasteiger partial charge in [0.1, 0.15) is 17.9 Å². The SMILES string of the molecule is CO[C@H]1CCC1NC(=O)c1cnn2c3c(c(Nc4cccn([C@H]5[C@@H]6COCC56C)c4=O)nc12)OCCN3. The maximum atomic E-state index is 13.5. The molecule has 0 aromatic carbocycles. The smallest absolute Gasteiger partial charge is 0.274 e. The summed E-state index contributed by atoms with van der Waals surface area (Å²) < 4.78 is 20.3. The topological polar surface area (TPSA) is 133 Å². The summed E-state index contributed by atoms with van der Waals surface area (Å²) in [5.41, 5.74) is 0.942. The molecule has 2 unspecified atom stereocenters. The van der Waals surface area contributed by atoms with Gasteiger partial charge in [-0.15, -0.1) is 0 Å². The molecule has 7 rings (SSSR count). The van der Waals surface area contributed by atoms with Crippen molar-refractivity contribution in [1.29, 1.82) is 0 Å². The largest absolute Gasteiger partial charge is 0.485 e. The summed E-state index contributed by atoms with van der Waals surface area (Å²) in [5, 5.41) is 13.9. The lowest BCUT2D eigenvalue weighted by Crippen LogP contribution is -2.51. The molecule has 3 aromatic heterocycles. The van der Waals surface area contributed by atoms with Gasteiger partial charge in [-0.1, -0.05) is 6.92 Å². The maximum absolute atomic E-state index is 13.5. The van der Waals surface area contributed by atoms with Gasteiger partial charge in [0.05, 0.1) is 44.1 Å². The number of rotatable bonds is 6. The molecule has 2 aliphatic heterocycles. The van der Waals surface area contributed by atoms with E-state index in [1.165, 1.54) is 6.20 Å². The summed E-state index contributed by atoms with van der Waals surface area (Å²) in [6, 6.07) is 3.66. The number of anilines is 3. The summed E-state index contributed by atoms with van der Waals surface area (Å²) >= 11 is 0. The number of aromatic nitrogens is 4. The number of hydrogen-bond donors (Lipinski definition) is 3. The van der Waals surface area contributed by atoms with Crippen molar-refractivity contribution in [3.63, 3.8) is 0 Å². The third-order valence-corrected chi connectivity index (χ3v) is 8.35. The quantitative estimate of drug-likeness (QED) is 0.454. The fraction of sp³-hybridized carbons (Fsp3) is 0.520. The van der Waals surface area contributed by atoms with Gasteiger partial charge in [0.15, 0.2) is 17.3 Å². The minimum absolute atomic E-state index is 0.00602. The first-order valence-corrected chi connectivity index (χ1v) is 12.7. The van der Waals surface area contributed by atoms with E-state index < -0.39 is 0 Å². The number of pyridine rings is 1. The van der Waals surface area contributed by atoms with Crippen molar-refractivity contribution in [2.75, 3.05) is 44.1 Å². The van der Waals surface area contributed by atoms with Crippen LogP contribution in [0.1, 0.15) is 36.2 Å². The van der Waals surface area contributed by atoms with Gasteiger partial charge >= 0.3 is 0 Å². The number of fused-ring (bicyclic) bond motifs is 4. The normalized spacial score (nSPS) is 29.5. The second-order valence-corrected chi connectivity index (χ2v) is 10.5. The average molecular weight is 508 g/mol. The lowest BCUT2D eigenvalue weighted by atomic mass is 9.89. The van der Waals surface area contributed by atoms with Crippen molar-refractivity contribution in [1.82, 2.24) is 24.5 Å². The predicted octanol–water partition coefficient (Wildman–Crippen LogP) is 1.55. The molecule has 12 nitrogen and oxygen atoms in total. The number of nitrogens with one attached hydrogen (secondary N) is 3. The Morgan fingerprint density at radius 3 is 3.00 bits per heavy atom. The molecule has 2 aliphatic carbocycles.